The number of rotatable bonds is 3. The fourth-order valence-corrected chi connectivity index (χ4v) is 4.52. The summed E-state index contributed by atoms with van der Waals surface area (Å²) in [5, 5.41) is 0. The molecular formula is C16H27NO. The third-order valence-electron chi connectivity index (χ3n) is 5.55. The molecule has 102 valence electrons. The van der Waals surface area contributed by atoms with E-state index in [-0.39, 0.29) is 0 Å². The molecule has 1 saturated heterocycles. The summed E-state index contributed by atoms with van der Waals surface area (Å²) in [6.07, 6.45) is 12.9. The van der Waals surface area contributed by atoms with Gasteiger partial charge in [0.05, 0.1) is 0 Å². The van der Waals surface area contributed by atoms with Crippen molar-refractivity contribution in [2.45, 2.75) is 70.3 Å². The summed E-state index contributed by atoms with van der Waals surface area (Å²) in [6, 6.07) is 0.865. The molecule has 2 nitrogen and oxygen atoms in total. The monoisotopic (exact) mass is 249 g/mol. The summed E-state index contributed by atoms with van der Waals surface area (Å²) in [5.41, 5.74) is 0. The van der Waals surface area contributed by atoms with Gasteiger partial charge in [-0.1, -0.05) is 12.8 Å². The van der Waals surface area contributed by atoms with E-state index in [0.717, 1.165) is 31.2 Å². The maximum Gasteiger partial charge on any atom is 0.136 e. The molecule has 0 radical (unpaired) electrons. The second kappa shape index (κ2) is 5.73. The number of hydrogen-bond donors (Lipinski definition) is 0. The summed E-state index contributed by atoms with van der Waals surface area (Å²) in [7, 11) is 0. The molecule has 2 aliphatic carbocycles. The fourth-order valence-electron chi connectivity index (χ4n) is 4.52. The van der Waals surface area contributed by atoms with Gasteiger partial charge in [-0.3, -0.25) is 4.79 Å². The first kappa shape index (κ1) is 12.7. The fraction of sp³-hybridized carbons (Fsp3) is 0.938. The number of fused-ring (bicyclic) bond motifs is 1. The van der Waals surface area contributed by atoms with Gasteiger partial charge in [0.2, 0.25) is 0 Å². The van der Waals surface area contributed by atoms with Gasteiger partial charge in [0, 0.05) is 18.4 Å². The summed E-state index contributed by atoms with van der Waals surface area (Å²) < 4.78 is 0. The van der Waals surface area contributed by atoms with Gasteiger partial charge in [-0.05, 0) is 64.0 Å². The Morgan fingerprint density at radius 1 is 1.00 bits per heavy atom. The highest BCUT2D eigenvalue weighted by molar-refractivity contribution is 5.82. The topological polar surface area (TPSA) is 20.3 Å². The van der Waals surface area contributed by atoms with Crippen molar-refractivity contribution in [3.05, 3.63) is 0 Å². The van der Waals surface area contributed by atoms with Crippen LogP contribution in [0.5, 0.6) is 0 Å². The summed E-state index contributed by atoms with van der Waals surface area (Å²) in [6.45, 7) is 2.49. The van der Waals surface area contributed by atoms with Gasteiger partial charge in [0.25, 0.3) is 0 Å². The molecule has 0 spiro atoms. The molecule has 0 aromatic rings. The second-order valence-corrected chi connectivity index (χ2v) is 6.63. The highest BCUT2D eigenvalue weighted by Gasteiger charge is 2.33. The molecule has 2 heteroatoms. The molecule has 3 fully saturated rings. The smallest absolute Gasteiger partial charge is 0.136 e. The van der Waals surface area contributed by atoms with Gasteiger partial charge in [-0.25, -0.2) is 0 Å². The van der Waals surface area contributed by atoms with Crippen LogP contribution in [0.25, 0.3) is 0 Å². The van der Waals surface area contributed by atoms with Crippen LogP contribution in [-0.2, 0) is 4.79 Å². The van der Waals surface area contributed by atoms with E-state index in [1.165, 1.54) is 58.0 Å². The average Bonchev–Trinajstić information content (AvgIpc) is 2.82. The van der Waals surface area contributed by atoms with E-state index in [1.807, 2.05) is 0 Å². The van der Waals surface area contributed by atoms with Crippen LogP contribution in [0.3, 0.4) is 0 Å². The third-order valence-corrected chi connectivity index (χ3v) is 5.55. The molecule has 3 atom stereocenters. The van der Waals surface area contributed by atoms with Crippen LogP contribution in [0.4, 0.5) is 0 Å². The zero-order valence-electron chi connectivity index (χ0n) is 11.6. The molecule has 2 saturated carbocycles. The van der Waals surface area contributed by atoms with E-state index in [4.69, 9.17) is 0 Å². The van der Waals surface area contributed by atoms with E-state index in [2.05, 4.69) is 4.90 Å². The van der Waals surface area contributed by atoms with Crippen molar-refractivity contribution in [2.24, 2.45) is 11.8 Å². The molecule has 3 unspecified atom stereocenters. The van der Waals surface area contributed by atoms with Crippen molar-refractivity contribution in [1.82, 2.24) is 4.90 Å². The van der Waals surface area contributed by atoms with E-state index in [1.54, 1.807) is 0 Å². The van der Waals surface area contributed by atoms with Gasteiger partial charge in [0.1, 0.15) is 5.78 Å². The summed E-state index contributed by atoms with van der Waals surface area (Å²) >= 11 is 0. The van der Waals surface area contributed by atoms with Crippen LogP contribution in [-0.4, -0.2) is 29.8 Å². The van der Waals surface area contributed by atoms with E-state index in [0.29, 0.717) is 11.7 Å². The van der Waals surface area contributed by atoms with Crippen LogP contribution < -0.4 is 0 Å². The van der Waals surface area contributed by atoms with E-state index >= 15 is 0 Å². The van der Waals surface area contributed by atoms with Crippen LogP contribution in [0, 0.1) is 11.8 Å². The van der Waals surface area contributed by atoms with E-state index < -0.39 is 0 Å². The Balaban J connectivity index is 1.53. The zero-order valence-corrected chi connectivity index (χ0v) is 11.6. The number of Topliss-reactive ketones (excluding diaryl/α,β-unsaturated/α-hetero) is 1. The van der Waals surface area contributed by atoms with Crippen LogP contribution >= 0.6 is 0 Å². The molecule has 0 amide bonds. The first-order chi connectivity index (χ1) is 8.84. The number of ketones is 1. The van der Waals surface area contributed by atoms with Gasteiger partial charge >= 0.3 is 0 Å². The van der Waals surface area contributed by atoms with Crippen LogP contribution in [0.1, 0.15) is 64.2 Å². The molecular weight excluding hydrogens is 222 g/mol. The first-order valence-corrected chi connectivity index (χ1v) is 8.11. The van der Waals surface area contributed by atoms with Crippen LogP contribution in [0.2, 0.25) is 0 Å². The minimum Gasteiger partial charge on any atom is -0.300 e. The summed E-state index contributed by atoms with van der Waals surface area (Å²) in [5.74, 6) is 1.94. The summed E-state index contributed by atoms with van der Waals surface area (Å²) in [4.78, 5) is 14.4. The number of nitrogens with zero attached hydrogens (tertiary/aromatic N) is 1. The van der Waals surface area contributed by atoms with Crippen molar-refractivity contribution in [2.75, 3.05) is 13.1 Å². The molecule has 1 heterocycles. The standard InChI is InChI=1S/C16H27NO/c18-16-9-3-6-14(16)10-12-17-11-4-7-13-5-1-2-8-15(13)17/h13-15H,1-12H2. The maximum absolute atomic E-state index is 11.7. The molecule has 1 aliphatic heterocycles. The van der Waals surface area contributed by atoms with Gasteiger partial charge < -0.3 is 4.90 Å². The Hall–Kier alpha value is -0.370. The van der Waals surface area contributed by atoms with Crippen molar-refractivity contribution in [3.8, 4) is 0 Å². The normalized spacial score (nSPS) is 37.8. The molecule has 0 N–H and O–H groups in total. The van der Waals surface area contributed by atoms with Crippen molar-refractivity contribution in [3.63, 3.8) is 0 Å². The predicted molar refractivity (Wildman–Crippen MR) is 73.5 cm³/mol. The van der Waals surface area contributed by atoms with Gasteiger partial charge in [-0.2, -0.15) is 0 Å². The number of hydrogen-bond acceptors (Lipinski definition) is 2. The molecule has 3 rings (SSSR count). The second-order valence-electron chi connectivity index (χ2n) is 6.63. The SMILES string of the molecule is O=C1CCCC1CCN1CCCC2CCCCC21. The Labute approximate surface area is 111 Å². The maximum atomic E-state index is 11.7. The Kier molecular flexibility index (Phi) is 4.03. The molecule has 0 aromatic heterocycles. The quantitative estimate of drug-likeness (QED) is 0.764. The largest absolute Gasteiger partial charge is 0.300 e. The lowest BCUT2D eigenvalue weighted by Gasteiger charge is -2.44. The molecule has 18 heavy (non-hydrogen) atoms. The van der Waals surface area contributed by atoms with Crippen molar-refractivity contribution >= 4 is 5.78 Å². The number of carbonyl (C=O) groups excluding carboxylic acids is 1. The Bertz CT molecular complexity index is 299. The van der Waals surface area contributed by atoms with Crippen molar-refractivity contribution < 1.29 is 4.79 Å². The number of carbonyl (C=O) groups is 1. The minimum absolute atomic E-state index is 0.411. The first-order valence-electron chi connectivity index (χ1n) is 8.11. The molecule has 3 aliphatic rings. The number of likely N-dealkylation sites (tertiary alicyclic amines) is 1. The van der Waals surface area contributed by atoms with Crippen LogP contribution in [0.15, 0.2) is 0 Å². The lowest BCUT2D eigenvalue weighted by molar-refractivity contribution is -0.121. The molecule has 0 bridgehead atoms. The van der Waals surface area contributed by atoms with Gasteiger partial charge in [-0.15, -0.1) is 0 Å². The minimum atomic E-state index is 0.411. The molecule has 0 aromatic carbocycles. The highest BCUT2D eigenvalue weighted by atomic mass is 16.1. The Morgan fingerprint density at radius 2 is 1.83 bits per heavy atom. The number of piperidine rings is 1. The van der Waals surface area contributed by atoms with Crippen molar-refractivity contribution in [1.29, 1.82) is 0 Å². The zero-order chi connectivity index (χ0) is 12.4. The third kappa shape index (κ3) is 2.64. The Morgan fingerprint density at radius 3 is 2.67 bits per heavy atom. The van der Waals surface area contributed by atoms with E-state index in [9.17, 15) is 4.79 Å². The lowest BCUT2D eigenvalue weighted by atomic mass is 9.78. The average molecular weight is 249 g/mol. The lowest BCUT2D eigenvalue weighted by Crippen LogP contribution is -2.47. The van der Waals surface area contributed by atoms with Gasteiger partial charge in [0.15, 0.2) is 0 Å². The predicted octanol–water partition coefficient (Wildman–Crippen LogP) is 3.40. The highest BCUT2D eigenvalue weighted by Crippen LogP contribution is 2.36.